The van der Waals surface area contributed by atoms with E-state index in [2.05, 4.69) is 17.9 Å². The van der Waals surface area contributed by atoms with Crippen molar-refractivity contribution in [1.29, 1.82) is 5.26 Å². The monoisotopic (exact) mass is 263 g/mol. The van der Waals surface area contributed by atoms with Crippen molar-refractivity contribution in [1.82, 2.24) is 0 Å². The molecule has 1 aromatic carbocycles. The summed E-state index contributed by atoms with van der Waals surface area (Å²) in [6.07, 6.45) is 3.52. The van der Waals surface area contributed by atoms with E-state index in [9.17, 15) is 0 Å². The highest BCUT2D eigenvalue weighted by Crippen LogP contribution is 2.31. The van der Waals surface area contributed by atoms with Gasteiger partial charge in [0.1, 0.15) is 6.07 Å². The van der Waals surface area contributed by atoms with E-state index in [-0.39, 0.29) is 0 Å². The topological polar surface area (TPSA) is 53.0 Å². The third-order valence-corrected chi connectivity index (χ3v) is 3.98. The minimum absolute atomic E-state index is 0.373. The first-order chi connectivity index (χ1) is 8.67. The Kier molecular flexibility index (Phi) is 4.11. The van der Waals surface area contributed by atoms with Crippen LogP contribution in [0, 0.1) is 11.3 Å². The molecule has 96 valence electrons. The average molecular weight is 264 g/mol. The quantitative estimate of drug-likeness (QED) is 0.893. The lowest BCUT2D eigenvalue weighted by Crippen LogP contribution is -2.49. The van der Waals surface area contributed by atoms with E-state index in [0.29, 0.717) is 29.2 Å². The van der Waals surface area contributed by atoms with Gasteiger partial charge in [-0.25, -0.2) is 0 Å². The van der Waals surface area contributed by atoms with E-state index in [0.717, 1.165) is 12.1 Å². The highest BCUT2D eigenvalue weighted by atomic mass is 35.5. The van der Waals surface area contributed by atoms with Crippen LogP contribution in [-0.2, 0) is 0 Å². The van der Waals surface area contributed by atoms with Gasteiger partial charge in [0, 0.05) is 24.3 Å². The molecule has 18 heavy (non-hydrogen) atoms. The van der Waals surface area contributed by atoms with Crippen molar-refractivity contribution < 1.29 is 0 Å². The van der Waals surface area contributed by atoms with Crippen LogP contribution in [0.25, 0.3) is 0 Å². The zero-order valence-electron chi connectivity index (χ0n) is 10.6. The maximum Gasteiger partial charge on any atom is 0.101 e. The molecule has 2 unspecified atom stereocenters. The standard InChI is InChI=1S/C14H18ClN3/c1-10-3-2-4-13(9-17)18(10)12-6-5-11(8-16)14(15)7-12/h5-7,10,13H,2-4,9,17H2,1H3. The largest absolute Gasteiger partial charge is 0.365 e. The number of anilines is 1. The van der Waals surface area contributed by atoms with Crippen LogP contribution in [-0.4, -0.2) is 18.6 Å². The summed E-state index contributed by atoms with van der Waals surface area (Å²) in [5.74, 6) is 0. The Morgan fingerprint density at radius 2 is 2.28 bits per heavy atom. The molecule has 0 spiro atoms. The first-order valence-electron chi connectivity index (χ1n) is 6.35. The Hall–Kier alpha value is -1.24. The highest BCUT2D eigenvalue weighted by Gasteiger charge is 2.27. The van der Waals surface area contributed by atoms with Gasteiger partial charge in [-0.15, -0.1) is 0 Å². The van der Waals surface area contributed by atoms with Crippen LogP contribution in [0.1, 0.15) is 31.7 Å². The molecule has 2 atom stereocenters. The van der Waals surface area contributed by atoms with Gasteiger partial charge in [0.15, 0.2) is 0 Å². The van der Waals surface area contributed by atoms with Crippen molar-refractivity contribution in [2.75, 3.05) is 11.4 Å². The number of nitrogens with two attached hydrogens (primary N) is 1. The molecular weight excluding hydrogens is 246 g/mol. The molecule has 0 aliphatic carbocycles. The lowest BCUT2D eigenvalue weighted by Gasteiger charge is -2.42. The molecule has 1 aliphatic heterocycles. The van der Waals surface area contributed by atoms with Crippen LogP contribution < -0.4 is 10.6 Å². The van der Waals surface area contributed by atoms with Gasteiger partial charge in [-0.1, -0.05) is 11.6 Å². The van der Waals surface area contributed by atoms with Crippen molar-refractivity contribution in [2.24, 2.45) is 5.73 Å². The summed E-state index contributed by atoms with van der Waals surface area (Å²) in [4.78, 5) is 2.34. The number of piperidine rings is 1. The summed E-state index contributed by atoms with van der Waals surface area (Å²) in [6, 6.07) is 8.56. The lowest BCUT2D eigenvalue weighted by molar-refractivity contribution is 0.401. The molecule has 2 N–H and O–H groups in total. The van der Waals surface area contributed by atoms with Crippen LogP contribution in [0.2, 0.25) is 5.02 Å². The summed E-state index contributed by atoms with van der Waals surface area (Å²) < 4.78 is 0. The maximum atomic E-state index is 8.90. The van der Waals surface area contributed by atoms with Crippen molar-refractivity contribution >= 4 is 17.3 Å². The minimum atomic E-state index is 0.373. The van der Waals surface area contributed by atoms with Crippen LogP contribution in [0.15, 0.2) is 18.2 Å². The van der Waals surface area contributed by atoms with Gasteiger partial charge in [0.25, 0.3) is 0 Å². The van der Waals surface area contributed by atoms with E-state index in [1.807, 2.05) is 12.1 Å². The molecule has 2 rings (SSSR count). The molecule has 3 nitrogen and oxygen atoms in total. The zero-order chi connectivity index (χ0) is 13.1. The number of hydrogen-bond acceptors (Lipinski definition) is 3. The molecule has 4 heteroatoms. The molecular formula is C14H18ClN3. The van der Waals surface area contributed by atoms with Crippen LogP contribution in [0.5, 0.6) is 0 Å². The number of benzene rings is 1. The maximum absolute atomic E-state index is 8.90. The number of nitriles is 1. The number of rotatable bonds is 2. The predicted molar refractivity (Wildman–Crippen MR) is 74.8 cm³/mol. The number of halogens is 1. The Balaban J connectivity index is 2.33. The van der Waals surface area contributed by atoms with Gasteiger partial charge in [0.05, 0.1) is 10.6 Å². The fraction of sp³-hybridized carbons (Fsp3) is 0.500. The summed E-state index contributed by atoms with van der Waals surface area (Å²) in [7, 11) is 0. The molecule has 1 heterocycles. The van der Waals surface area contributed by atoms with Gasteiger partial charge in [-0.3, -0.25) is 0 Å². The van der Waals surface area contributed by atoms with Crippen molar-refractivity contribution in [3.8, 4) is 6.07 Å². The molecule has 1 aromatic rings. The predicted octanol–water partition coefficient (Wildman–Crippen LogP) is 2.92. The lowest BCUT2D eigenvalue weighted by atomic mass is 9.95. The second-order valence-electron chi connectivity index (χ2n) is 4.85. The van der Waals surface area contributed by atoms with E-state index in [1.54, 1.807) is 6.07 Å². The Morgan fingerprint density at radius 1 is 1.50 bits per heavy atom. The molecule has 0 amide bonds. The third-order valence-electron chi connectivity index (χ3n) is 3.67. The number of hydrogen-bond donors (Lipinski definition) is 1. The summed E-state index contributed by atoms with van der Waals surface area (Å²) in [6.45, 7) is 2.87. The molecule has 1 aliphatic rings. The van der Waals surface area contributed by atoms with Crippen LogP contribution in [0.4, 0.5) is 5.69 Å². The summed E-state index contributed by atoms with van der Waals surface area (Å²) in [5.41, 5.74) is 7.45. The molecule has 0 bridgehead atoms. The third kappa shape index (κ3) is 2.45. The highest BCUT2D eigenvalue weighted by molar-refractivity contribution is 6.32. The van der Waals surface area contributed by atoms with Crippen molar-refractivity contribution in [3.63, 3.8) is 0 Å². The first-order valence-corrected chi connectivity index (χ1v) is 6.73. The second-order valence-corrected chi connectivity index (χ2v) is 5.26. The summed E-state index contributed by atoms with van der Waals surface area (Å²) >= 11 is 6.11. The van der Waals surface area contributed by atoms with Gasteiger partial charge in [-0.05, 0) is 44.4 Å². The number of nitrogens with zero attached hydrogens (tertiary/aromatic N) is 2. The second kappa shape index (κ2) is 5.60. The van der Waals surface area contributed by atoms with Gasteiger partial charge in [-0.2, -0.15) is 5.26 Å². The first kappa shape index (κ1) is 13.2. The van der Waals surface area contributed by atoms with E-state index in [1.165, 1.54) is 12.8 Å². The van der Waals surface area contributed by atoms with Crippen molar-refractivity contribution in [2.45, 2.75) is 38.3 Å². The SMILES string of the molecule is CC1CCCC(CN)N1c1ccc(C#N)c(Cl)c1. The summed E-state index contributed by atoms with van der Waals surface area (Å²) in [5, 5.41) is 9.42. The average Bonchev–Trinajstić information content (AvgIpc) is 2.38. The Bertz CT molecular complexity index is 467. The minimum Gasteiger partial charge on any atom is -0.365 e. The van der Waals surface area contributed by atoms with E-state index >= 15 is 0 Å². The smallest absolute Gasteiger partial charge is 0.101 e. The molecule has 0 saturated carbocycles. The van der Waals surface area contributed by atoms with Gasteiger partial charge < -0.3 is 10.6 Å². The zero-order valence-corrected chi connectivity index (χ0v) is 11.3. The van der Waals surface area contributed by atoms with E-state index < -0.39 is 0 Å². The van der Waals surface area contributed by atoms with Gasteiger partial charge in [0.2, 0.25) is 0 Å². The molecule has 0 radical (unpaired) electrons. The molecule has 0 aromatic heterocycles. The Morgan fingerprint density at radius 3 is 2.89 bits per heavy atom. The van der Waals surface area contributed by atoms with E-state index in [4.69, 9.17) is 22.6 Å². The normalized spacial score (nSPS) is 23.8. The molecule has 1 saturated heterocycles. The fourth-order valence-electron chi connectivity index (χ4n) is 2.74. The molecule has 1 fully saturated rings. The van der Waals surface area contributed by atoms with Crippen LogP contribution >= 0.6 is 11.6 Å². The Labute approximate surface area is 113 Å². The van der Waals surface area contributed by atoms with Gasteiger partial charge >= 0.3 is 0 Å². The van der Waals surface area contributed by atoms with Crippen LogP contribution in [0.3, 0.4) is 0 Å². The fourth-order valence-corrected chi connectivity index (χ4v) is 2.96. The van der Waals surface area contributed by atoms with Crippen molar-refractivity contribution in [3.05, 3.63) is 28.8 Å².